The molecule has 0 radical (unpaired) electrons. The molecule has 0 saturated carbocycles. The minimum Gasteiger partial charge on any atom is -0.341 e. The number of nitrogens with two attached hydrogens (primary N) is 1. The molecule has 2 N–H and O–H groups in total. The van der Waals surface area contributed by atoms with Crippen LogP contribution in [-0.4, -0.2) is 53.2 Å². The molecule has 6 nitrogen and oxygen atoms in total. The molecule has 1 fully saturated rings. The molecule has 0 aliphatic carbocycles. The number of nitrogens with zero attached hydrogens (tertiary/aromatic N) is 2. The van der Waals surface area contributed by atoms with E-state index in [1.54, 1.807) is 23.1 Å². The molecule has 3 rings (SSSR count). The summed E-state index contributed by atoms with van der Waals surface area (Å²) in [6, 6.07) is 5.07. The first-order valence-electron chi connectivity index (χ1n) is 8.07. The number of likely N-dealkylation sites (tertiary alicyclic amines) is 1. The zero-order valence-electron chi connectivity index (χ0n) is 13.9. The Labute approximate surface area is 161 Å². The standard InChI is InChI=1S/C17H20BrN3O3.ClH/c1-10(19)11-4-6-20(7-5-11)15(22)9-21-16(23)13-3-2-12(18)8-14(13)17(21)24;/h2-3,8,10-11H,4-7,9,19H2,1H3;1H. The van der Waals surface area contributed by atoms with Crippen LogP contribution in [0.2, 0.25) is 0 Å². The van der Waals surface area contributed by atoms with E-state index in [0.29, 0.717) is 30.1 Å². The summed E-state index contributed by atoms with van der Waals surface area (Å²) >= 11 is 3.30. The fourth-order valence-corrected chi connectivity index (χ4v) is 3.68. The van der Waals surface area contributed by atoms with Gasteiger partial charge in [-0.2, -0.15) is 0 Å². The number of fused-ring (bicyclic) bond motifs is 1. The van der Waals surface area contributed by atoms with Crippen molar-refractivity contribution in [3.8, 4) is 0 Å². The third-order valence-electron chi connectivity index (χ3n) is 4.86. The van der Waals surface area contributed by atoms with E-state index in [-0.39, 0.29) is 30.9 Å². The molecule has 1 aromatic carbocycles. The van der Waals surface area contributed by atoms with E-state index in [0.717, 1.165) is 22.2 Å². The molecule has 1 saturated heterocycles. The van der Waals surface area contributed by atoms with Crippen molar-refractivity contribution in [1.29, 1.82) is 0 Å². The summed E-state index contributed by atoms with van der Waals surface area (Å²) < 4.78 is 0.730. The highest BCUT2D eigenvalue weighted by molar-refractivity contribution is 9.10. The second kappa shape index (κ2) is 7.85. The van der Waals surface area contributed by atoms with Crippen LogP contribution >= 0.6 is 28.3 Å². The minimum atomic E-state index is -0.407. The summed E-state index contributed by atoms with van der Waals surface area (Å²) in [7, 11) is 0. The molecule has 8 heteroatoms. The summed E-state index contributed by atoms with van der Waals surface area (Å²) in [6.07, 6.45) is 1.72. The molecule has 1 atom stereocenters. The third-order valence-corrected chi connectivity index (χ3v) is 5.36. The Morgan fingerprint density at radius 2 is 1.84 bits per heavy atom. The van der Waals surface area contributed by atoms with Crippen LogP contribution in [-0.2, 0) is 4.79 Å². The van der Waals surface area contributed by atoms with Gasteiger partial charge in [-0.05, 0) is 43.9 Å². The average Bonchev–Trinajstić information content (AvgIpc) is 2.79. The number of carbonyl (C=O) groups excluding carboxylic acids is 3. The molecule has 1 aromatic rings. The lowest BCUT2D eigenvalue weighted by Gasteiger charge is -2.34. The van der Waals surface area contributed by atoms with E-state index in [2.05, 4.69) is 15.9 Å². The molecule has 1 unspecified atom stereocenters. The van der Waals surface area contributed by atoms with Gasteiger partial charge in [0.05, 0.1) is 11.1 Å². The maximum Gasteiger partial charge on any atom is 0.262 e. The maximum atomic E-state index is 12.5. The van der Waals surface area contributed by atoms with Gasteiger partial charge in [-0.25, -0.2) is 0 Å². The molecule has 0 aromatic heterocycles. The maximum absolute atomic E-state index is 12.5. The van der Waals surface area contributed by atoms with E-state index in [1.807, 2.05) is 6.92 Å². The van der Waals surface area contributed by atoms with Gasteiger partial charge in [0, 0.05) is 23.6 Å². The number of imide groups is 1. The fourth-order valence-electron chi connectivity index (χ4n) is 3.32. The zero-order valence-corrected chi connectivity index (χ0v) is 16.3. The summed E-state index contributed by atoms with van der Waals surface area (Å²) in [6.45, 7) is 3.03. The number of hydrogen-bond acceptors (Lipinski definition) is 4. The summed E-state index contributed by atoms with van der Waals surface area (Å²) in [5.74, 6) is -0.575. The number of rotatable bonds is 3. The van der Waals surface area contributed by atoms with Crippen molar-refractivity contribution >= 4 is 46.1 Å². The molecular formula is C17H21BrClN3O3. The largest absolute Gasteiger partial charge is 0.341 e. The summed E-state index contributed by atoms with van der Waals surface area (Å²) in [5.41, 5.74) is 6.61. The van der Waals surface area contributed by atoms with Gasteiger partial charge in [-0.15, -0.1) is 12.4 Å². The molecule has 3 amide bonds. The first-order valence-corrected chi connectivity index (χ1v) is 8.87. The van der Waals surface area contributed by atoms with Crippen LogP contribution in [0.5, 0.6) is 0 Å². The van der Waals surface area contributed by atoms with E-state index in [9.17, 15) is 14.4 Å². The average molecular weight is 431 g/mol. The first kappa shape index (κ1) is 19.9. The Bertz CT molecular complexity index is 702. The second-order valence-electron chi connectivity index (χ2n) is 6.46. The van der Waals surface area contributed by atoms with Gasteiger partial charge in [0.1, 0.15) is 6.54 Å². The molecule has 0 bridgehead atoms. The molecule has 0 spiro atoms. The second-order valence-corrected chi connectivity index (χ2v) is 7.38. The van der Waals surface area contributed by atoms with Gasteiger partial charge in [-0.3, -0.25) is 19.3 Å². The van der Waals surface area contributed by atoms with Crippen LogP contribution < -0.4 is 5.73 Å². The Balaban J connectivity index is 0.00000225. The van der Waals surface area contributed by atoms with Crippen LogP contribution in [0, 0.1) is 5.92 Å². The topological polar surface area (TPSA) is 83.7 Å². The van der Waals surface area contributed by atoms with Crippen molar-refractivity contribution in [2.24, 2.45) is 11.7 Å². The van der Waals surface area contributed by atoms with Crippen molar-refractivity contribution in [1.82, 2.24) is 9.80 Å². The predicted molar refractivity (Wildman–Crippen MR) is 99.7 cm³/mol. The number of benzene rings is 1. The lowest BCUT2D eigenvalue weighted by molar-refractivity contribution is -0.132. The lowest BCUT2D eigenvalue weighted by atomic mass is 9.91. The monoisotopic (exact) mass is 429 g/mol. The molecule has 2 aliphatic heterocycles. The summed E-state index contributed by atoms with van der Waals surface area (Å²) in [4.78, 5) is 40.0. The highest BCUT2D eigenvalue weighted by Crippen LogP contribution is 2.26. The fraction of sp³-hybridized carbons (Fsp3) is 0.471. The van der Waals surface area contributed by atoms with Crippen LogP contribution in [0.3, 0.4) is 0 Å². The van der Waals surface area contributed by atoms with Crippen LogP contribution in [0.1, 0.15) is 40.5 Å². The van der Waals surface area contributed by atoms with Crippen LogP contribution in [0.4, 0.5) is 0 Å². The first-order chi connectivity index (χ1) is 11.4. The highest BCUT2D eigenvalue weighted by atomic mass is 79.9. The van der Waals surface area contributed by atoms with Crippen molar-refractivity contribution in [2.45, 2.75) is 25.8 Å². The number of amides is 3. The Morgan fingerprint density at radius 3 is 2.44 bits per heavy atom. The van der Waals surface area contributed by atoms with Crippen LogP contribution in [0.15, 0.2) is 22.7 Å². The van der Waals surface area contributed by atoms with Gasteiger partial charge >= 0.3 is 0 Å². The molecule has 25 heavy (non-hydrogen) atoms. The van der Waals surface area contributed by atoms with E-state index in [4.69, 9.17) is 5.73 Å². The van der Waals surface area contributed by atoms with Gasteiger partial charge in [0.15, 0.2) is 0 Å². The highest BCUT2D eigenvalue weighted by Gasteiger charge is 2.38. The molecule has 2 heterocycles. The van der Waals surface area contributed by atoms with E-state index < -0.39 is 11.8 Å². The van der Waals surface area contributed by atoms with Gasteiger partial charge in [0.2, 0.25) is 5.91 Å². The van der Waals surface area contributed by atoms with Crippen molar-refractivity contribution in [3.05, 3.63) is 33.8 Å². The van der Waals surface area contributed by atoms with E-state index in [1.165, 1.54) is 0 Å². The van der Waals surface area contributed by atoms with Crippen molar-refractivity contribution in [3.63, 3.8) is 0 Å². The van der Waals surface area contributed by atoms with Gasteiger partial charge in [0.25, 0.3) is 11.8 Å². The Kier molecular flexibility index (Phi) is 6.24. The predicted octanol–water partition coefficient (Wildman–Crippen LogP) is 2.05. The molecule has 2 aliphatic rings. The van der Waals surface area contributed by atoms with Crippen LogP contribution in [0.25, 0.3) is 0 Å². The third kappa shape index (κ3) is 3.88. The molecular weight excluding hydrogens is 410 g/mol. The van der Waals surface area contributed by atoms with Gasteiger partial charge < -0.3 is 10.6 Å². The molecule has 136 valence electrons. The van der Waals surface area contributed by atoms with E-state index >= 15 is 0 Å². The number of carbonyl (C=O) groups is 3. The number of hydrogen-bond donors (Lipinski definition) is 1. The zero-order chi connectivity index (χ0) is 17.4. The quantitative estimate of drug-likeness (QED) is 0.744. The lowest BCUT2D eigenvalue weighted by Crippen LogP contribution is -2.47. The van der Waals surface area contributed by atoms with Gasteiger partial charge in [-0.1, -0.05) is 15.9 Å². The smallest absolute Gasteiger partial charge is 0.262 e. The van der Waals surface area contributed by atoms with Crippen molar-refractivity contribution < 1.29 is 14.4 Å². The minimum absolute atomic E-state index is 0. The Morgan fingerprint density at radius 1 is 1.24 bits per heavy atom. The van der Waals surface area contributed by atoms with Crippen molar-refractivity contribution in [2.75, 3.05) is 19.6 Å². The number of halogens is 2. The normalized spacial score (nSPS) is 18.8. The SMILES string of the molecule is CC(N)C1CCN(C(=O)CN2C(=O)c3ccc(Br)cc3C2=O)CC1.Cl. The summed E-state index contributed by atoms with van der Waals surface area (Å²) in [5, 5.41) is 0. The number of piperidine rings is 1. The Hall–Kier alpha value is -1.44.